The zero-order chi connectivity index (χ0) is 14.6. The molecule has 3 aromatic rings. The smallest absolute Gasteiger partial charge is 0.344 e. The summed E-state index contributed by atoms with van der Waals surface area (Å²) in [6, 6.07) is 12.2. The molecular weight excluding hydrogens is 268 g/mol. The molecule has 1 aliphatic rings. The number of benzene rings is 2. The summed E-state index contributed by atoms with van der Waals surface area (Å²) in [7, 11) is 1.52. The van der Waals surface area contributed by atoms with Crippen molar-refractivity contribution in [1.29, 1.82) is 0 Å². The minimum Gasteiger partial charge on any atom is -0.497 e. The van der Waals surface area contributed by atoms with Gasteiger partial charge in [-0.1, -0.05) is 24.3 Å². The van der Waals surface area contributed by atoms with Gasteiger partial charge in [-0.15, -0.1) is 0 Å². The summed E-state index contributed by atoms with van der Waals surface area (Å²) in [5, 5.41) is 0.956. The Kier molecular flexibility index (Phi) is 2.30. The number of ether oxygens (including phenoxy) is 1. The van der Waals surface area contributed by atoms with Gasteiger partial charge in [-0.05, 0) is 18.2 Å². The highest BCUT2D eigenvalue weighted by molar-refractivity contribution is 6.26. The highest BCUT2D eigenvalue weighted by atomic mass is 16.5. The zero-order valence-corrected chi connectivity index (χ0v) is 11.2. The molecule has 0 amide bonds. The van der Waals surface area contributed by atoms with Crippen molar-refractivity contribution in [2.75, 3.05) is 7.11 Å². The Morgan fingerprint density at radius 1 is 0.952 bits per heavy atom. The Hall–Kier alpha value is -2.88. The van der Waals surface area contributed by atoms with E-state index < -0.39 is 5.63 Å². The summed E-state index contributed by atoms with van der Waals surface area (Å²) < 4.78 is 10.5. The van der Waals surface area contributed by atoms with Crippen molar-refractivity contribution in [2.24, 2.45) is 0 Å². The van der Waals surface area contributed by atoms with E-state index in [2.05, 4.69) is 0 Å². The van der Waals surface area contributed by atoms with E-state index in [9.17, 15) is 9.59 Å². The second-order valence-electron chi connectivity index (χ2n) is 4.88. The lowest BCUT2D eigenvalue weighted by atomic mass is 10.0. The third-order valence-corrected chi connectivity index (χ3v) is 3.78. The standard InChI is InChI=1S/C17H10O4/c1-20-9-6-7-10-13(8-9)17(19)21-16-12-5-3-2-4-11(12)15(18)14(10)16/h2-8H,1H3. The molecule has 0 saturated carbocycles. The van der Waals surface area contributed by atoms with Gasteiger partial charge in [0.2, 0.25) is 0 Å². The monoisotopic (exact) mass is 278 g/mol. The average Bonchev–Trinajstić information content (AvgIpc) is 2.81. The van der Waals surface area contributed by atoms with Crippen LogP contribution >= 0.6 is 0 Å². The summed E-state index contributed by atoms with van der Waals surface area (Å²) in [5.74, 6) is 0.801. The molecule has 1 heterocycles. The lowest BCUT2D eigenvalue weighted by molar-refractivity contribution is 0.104. The van der Waals surface area contributed by atoms with Gasteiger partial charge in [0.15, 0.2) is 11.5 Å². The largest absolute Gasteiger partial charge is 0.497 e. The fraction of sp³-hybridized carbons (Fsp3) is 0.0588. The Bertz CT molecular complexity index is 966. The molecule has 4 nitrogen and oxygen atoms in total. The van der Waals surface area contributed by atoms with E-state index in [1.54, 1.807) is 36.4 Å². The van der Waals surface area contributed by atoms with E-state index in [-0.39, 0.29) is 5.78 Å². The predicted molar refractivity (Wildman–Crippen MR) is 77.9 cm³/mol. The SMILES string of the molecule is COc1ccc2c3c(oc(=O)c2c1)-c1ccccc1C3=O. The van der Waals surface area contributed by atoms with Crippen molar-refractivity contribution < 1.29 is 13.9 Å². The van der Waals surface area contributed by atoms with Crippen LogP contribution in [0.1, 0.15) is 15.9 Å². The van der Waals surface area contributed by atoms with Gasteiger partial charge < -0.3 is 9.15 Å². The lowest BCUT2D eigenvalue weighted by Crippen LogP contribution is -2.05. The first-order valence-electron chi connectivity index (χ1n) is 6.49. The Labute approximate surface area is 119 Å². The number of carbonyl (C=O) groups excluding carboxylic acids is 1. The van der Waals surface area contributed by atoms with Crippen LogP contribution in [-0.2, 0) is 0 Å². The second kappa shape index (κ2) is 4.06. The predicted octanol–water partition coefficient (Wildman–Crippen LogP) is 3.01. The molecule has 4 rings (SSSR count). The van der Waals surface area contributed by atoms with Crippen molar-refractivity contribution in [3.63, 3.8) is 0 Å². The van der Waals surface area contributed by atoms with E-state index in [4.69, 9.17) is 9.15 Å². The molecule has 102 valence electrons. The highest BCUT2D eigenvalue weighted by Gasteiger charge is 2.31. The summed E-state index contributed by atoms with van der Waals surface area (Å²) in [6.45, 7) is 0. The van der Waals surface area contributed by atoms with Crippen LogP contribution in [0, 0.1) is 0 Å². The maximum Gasteiger partial charge on any atom is 0.344 e. The van der Waals surface area contributed by atoms with Crippen molar-refractivity contribution in [1.82, 2.24) is 0 Å². The normalized spacial score (nSPS) is 12.3. The fourth-order valence-electron chi connectivity index (χ4n) is 2.79. The molecule has 0 fully saturated rings. The van der Waals surface area contributed by atoms with Crippen LogP contribution in [0.15, 0.2) is 51.7 Å². The van der Waals surface area contributed by atoms with E-state index in [0.717, 1.165) is 0 Å². The number of hydrogen-bond donors (Lipinski definition) is 0. The van der Waals surface area contributed by atoms with Gasteiger partial charge in [0, 0.05) is 16.5 Å². The first-order valence-corrected chi connectivity index (χ1v) is 6.49. The van der Waals surface area contributed by atoms with E-state index in [1.807, 2.05) is 6.07 Å². The van der Waals surface area contributed by atoms with Gasteiger partial charge in [0.05, 0.1) is 18.1 Å². The summed E-state index contributed by atoms with van der Waals surface area (Å²) in [6.07, 6.45) is 0. The van der Waals surface area contributed by atoms with Gasteiger partial charge in [0.25, 0.3) is 0 Å². The molecule has 0 spiro atoms. The molecule has 0 saturated heterocycles. The number of methoxy groups -OCH3 is 1. The second-order valence-corrected chi connectivity index (χ2v) is 4.88. The van der Waals surface area contributed by atoms with E-state index in [1.165, 1.54) is 7.11 Å². The number of fused-ring (bicyclic) bond motifs is 5. The summed E-state index contributed by atoms with van der Waals surface area (Å²) >= 11 is 0. The molecule has 0 unspecified atom stereocenters. The number of carbonyl (C=O) groups is 1. The Morgan fingerprint density at radius 3 is 2.48 bits per heavy atom. The third-order valence-electron chi connectivity index (χ3n) is 3.78. The zero-order valence-electron chi connectivity index (χ0n) is 11.2. The molecule has 0 N–H and O–H groups in total. The van der Waals surface area contributed by atoms with Crippen LogP contribution in [0.5, 0.6) is 5.75 Å². The summed E-state index contributed by atoms with van der Waals surface area (Å²) in [5.41, 5.74) is 1.23. The molecule has 0 aliphatic heterocycles. The minimum atomic E-state index is -0.466. The van der Waals surface area contributed by atoms with Gasteiger partial charge in [-0.2, -0.15) is 0 Å². The van der Waals surface area contributed by atoms with Crippen LogP contribution in [0.4, 0.5) is 0 Å². The van der Waals surface area contributed by atoms with Gasteiger partial charge in [-0.25, -0.2) is 4.79 Å². The first kappa shape index (κ1) is 11.9. The third kappa shape index (κ3) is 1.50. The lowest BCUT2D eigenvalue weighted by Gasteiger charge is -2.05. The van der Waals surface area contributed by atoms with Crippen LogP contribution in [-0.4, -0.2) is 12.9 Å². The molecule has 0 bridgehead atoms. The molecule has 1 aliphatic carbocycles. The van der Waals surface area contributed by atoms with Crippen molar-refractivity contribution in [3.05, 3.63) is 64.0 Å². The van der Waals surface area contributed by atoms with E-state index >= 15 is 0 Å². The Balaban J connectivity index is 2.16. The van der Waals surface area contributed by atoms with Crippen molar-refractivity contribution in [2.45, 2.75) is 0 Å². The topological polar surface area (TPSA) is 56.5 Å². The summed E-state index contributed by atoms with van der Waals surface area (Å²) in [4.78, 5) is 24.8. The molecular formula is C17H10O4. The van der Waals surface area contributed by atoms with Gasteiger partial charge in [-0.3, -0.25) is 4.79 Å². The average molecular weight is 278 g/mol. The molecule has 2 aromatic carbocycles. The molecule has 1 aromatic heterocycles. The number of ketones is 1. The minimum absolute atomic E-state index is 0.112. The van der Waals surface area contributed by atoms with Crippen LogP contribution in [0.3, 0.4) is 0 Å². The van der Waals surface area contributed by atoms with Crippen molar-refractivity contribution in [3.8, 4) is 17.1 Å². The fourth-order valence-corrected chi connectivity index (χ4v) is 2.79. The first-order chi connectivity index (χ1) is 10.2. The van der Waals surface area contributed by atoms with Crippen molar-refractivity contribution >= 4 is 16.6 Å². The van der Waals surface area contributed by atoms with Crippen LogP contribution in [0.2, 0.25) is 0 Å². The van der Waals surface area contributed by atoms with Crippen LogP contribution in [0.25, 0.3) is 22.1 Å². The van der Waals surface area contributed by atoms with Crippen LogP contribution < -0.4 is 10.4 Å². The highest BCUT2D eigenvalue weighted by Crippen LogP contribution is 2.39. The maximum atomic E-state index is 12.6. The maximum absolute atomic E-state index is 12.6. The number of hydrogen-bond acceptors (Lipinski definition) is 4. The molecule has 0 atom stereocenters. The number of rotatable bonds is 1. The van der Waals surface area contributed by atoms with Gasteiger partial charge in [0.1, 0.15) is 5.75 Å². The van der Waals surface area contributed by atoms with E-state index in [0.29, 0.717) is 39.0 Å². The van der Waals surface area contributed by atoms with Gasteiger partial charge >= 0.3 is 5.63 Å². The Morgan fingerprint density at radius 2 is 1.71 bits per heavy atom. The molecule has 21 heavy (non-hydrogen) atoms. The quantitative estimate of drug-likeness (QED) is 0.537. The molecule has 4 heteroatoms. The molecule has 0 radical (unpaired) electrons.